The Morgan fingerprint density at radius 3 is 2.30 bits per heavy atom. The normalized spacial score (nSPS) is 18.4. The summed E-state index contributed by atoms with van der Waals surface area (Å²) < 4.78 is 0. The van der Waals surface area contributed by atoms with Crippen molar-refractivity contribution in [3.8, 4) is 0 Å². The van der Waals surface area contributed by atoms with Crippen molar-refractivity contribution in [3.05, 3.63) is 34.9 Å². The van der Waals surface area contributed by atoms with Crippen molar-refractivity contribution in [2.24, 2.45) is 0 Å². The number of aryl methyl sites for hydroxylation is 2. The minimum atomic E-state index is -0.334. The van der Waals surface area contributed by atoms with Gasteiger partial charge in [0.05, 0.1) is 6.10 Å². The molecule has 2 heteroatoms. The lowest BCUT2D eigenvalue weighted by atomic mass is 9.94. The van der Waals surface area contributed by atoms with E-state index in [2.05, 4.69) is 44.0 Å². The zero-order valence-corrected chi connectivity index (χ0v) is 13.2. The second-order valence-electron chi connectivity index (χ2n) is 6.50. The number of benzene rings is 1. The fourth-order valence-electron chi connectivity index (χ4n) is 3.40. The standard InChI is InChI=1S/C18H29NO/c1-14-11-15(2)13-16(12-14)18(20)9-10-19(3)17-7-5-4-6-8-17/h11-13,17-18,20H,4-10H2,1-3H3. The van der Waals surface area contributed by atoms with E-state index >= 15 is 0 Å². The van der Waals surface area contributed by atoms with E-state index in [0.29, 0.717) is 0 Å². The molecule has 1 atom stereocenters. The van der Waals surface area contributed by atoms with Crippen molar-refractivity contribution in [2.75, 3.05) is 13.6 Å². The van der Waals surface area contributed by atoms with E-state index in [0.717, 1.165) is 24.6 Å². The molecule has 0 aromatic heterocycles. The van der Waals surface area contributed by atoms with Crippen molar-refractivity contribution in [3.63, 3.8) is 0 Å². The molecule has 1 unspecified atom stereocenters. The highest BCUT2D eigenvalue weighted by Crippen LogP contribution is 2.24. The summed E-state index contributed by atoms with van der Waals surface area (Å²) in [5.41, 5.74) is 3.54. The molecule has 0 bridgehead atoms. The minimum absolute atomic E-state index is 0.334. The monoisotopic (exact) mass is 275 g/mol. The van der Waals surface area contributed by atoms with E-state index in [1.54, 1.807) is 0 Å². The van der Waals surface area contributed by atoms with Gasteiger partial charge in [0.1, 0.15) is 0 Å². The van der Waals surface area contributed by atoms with E-state index < -0.39 is 0 Å². The van der Waals surface area contributed by atoms with Gasteiger partial charge in [-0.1, -0.05) is 48.6 Å². The van der Waals surface area contributed by atoms with Gasteiger partial charge in [0, 0.05) is 12.6 Å². The van der Waals surface area contributed by atoms with Crippen LogP contribution in [0, 0.1) is 13.8 Å². The summed E-state index contributed by atoms with van der Waals surface area (Å²) >= 11 is 0. The van der Waals surface area contributed by atoms with E-state index in [1.165, 1.54) is 43.2 Å². The van der Waals surface area contributed by atoms with Gasteiger partial charge >= 0.3 is 0 Å². The lowest BCUT2D eigenvalue weighted by Gasteiger charge is -2.31. The van der Waals surface area contributed by atoms with Gasteiger partial charge in [-0.05, 0) is 45.7 Å². The molecule has 1 aromatic rings. The molecule has 112 valence electrons. The Bertz CT molecular complexity index is 403. The molecule has 0 saturated heterocycles. The van der Waals surface area contributed by atoms with Crippen LogP contribution in [-0.4, -0.2) is 29.6 Å². The number of nitrogens with zero attached hydrogens (tertiary/aromatic N) is 1. The molecule has 2 rings (SSSR count). The number of aliphatic hydroxyl groups is 1. The first-order valence-corrected chi connectivity index (χ1v) is 8.03. The molecule has 0 spiro atoms. The van der Waals surface area contributed by atoms with Gasteiger partial charge in [-0.3, -0.25) is 0 Å². The first kappa shape index (κ1) is 15.5. The summed E-state index contributed by atoms with van der Waals surface area (Å²) in [7, 11) is 2.21. The largest absolute Gasteiger partial charge is 0.388 e. The Morgan fingerprint density at radius 1 is 1.10 bits per heavy atom. The van der Waals surface area contributed by atoms with Crippen LogP contribution in [0.1, 0.15) is 61.3 Å². The molecule has 0 radical (unpaired) electrons. The number of hydrogen-bond donors (Lipinski definition) is 1. The third-order valence-corrected chi connectivity index (χ3v) is 4.58. The van der Waals surface area contributed by atoms with Crippen molar-refractivity contribution in [1.82, 2.24) is 4.90 Å². The fraction of sp³-hybridized carbons (Fsp3) is 0.667. The van der Waals surface area contributed by atoms with E-state index in [9.17, 15) is 5.11 Å². The van der Waals surface area contributed by atoms with Gasteiger partial charge < -0.3 is 10.0 Å². The molecule has 0 heterocycles. The summed E-state index contributed by atoms with van der Waals surface area (Å²) in [5.74, 6) is 0. The summed E-state index contributed by atoms with van der Waals surface area (Å²) in [6, 6.07) is 7.11. The number of aliphatic hydroxyl groups excluding tert-OH is 1. The fourth-order valence-corrected chi connectivity index (χ4v) is 3.40. The zero-order valence-electron chi connectivity index (χ0n) is 13.2. The van der Waals surface area contributed by atoms with Gasteiger partial charge in [0.2, 0.25) is 0 Å². The second kappa shape index (κ2) is 7.24. The van der Waals surface area contributed by atoms with Crippen molar-refractivity contribution < 1.29 is 5.11 Å². The predicted molar refractivity (Wildman–Crippen MR) is 85.0 cm³/mol. The van der Waals surface area contributed by atoms with Crippen LogP contribution in [0.4, 0.5) is 0 Å². The average Bonchev–Trinajstić information content (AvgIpc) is 2.44. The smallest absolute Gasteiger partial charge is 0.0802 e. The SMILES string of the molecule is Cc1cc(C)cc(C(O)CCN(C)C2CCCCC2)c1. The van der Waals surface area contributed by atoms with Crippen LogP contribution >= 0.6 is 0 Å². The van der Waals surface area contributed by atoms with Gasteiger partial charge in [0.15, 0.2) is 0 Å². The summed E-state index contributed by atoms with van der Waals surface area (Å²) in [4.78, 5) is 2.45. The van der Waals surface area contributed by atoms with Crippen LogP contribution in [0.25, 0.3) is 0 Å². The Balaban J connectivity index is 1.86. The predicted octanol–water partition coefficient (Wildman–Crippen LogP) is 3.99. The highest BCUT2D eigenvalue weighted by Gasteiger charge is 2.19. The molecule has 1 N–H and O–H groups in total. The number of rotatable bonds is 5. The Morgan fingerprint density at radius 2 is 1.70 bits per heavy atom. The van der Waals surface area contributed by atoms with Crippen LogP contribution in [0.3, 0.4) is 0 Å². The highest BCUT2D eigenvalue weighted by atomic mass is 16.3. The average molecular weight is 275 g/mol. The lowest BCUT2D eigenvalue weighted by molar-refractivity contribution is 0.125. The Labute approximate surface area is 123 Å². The van der Waals surface area contributed by atoms with Crippen LogP contribution in [0.15, 0.2) is 18.2 Å². The molecular weight excluding hydrogens is 246 g/mol. The molecule has 2 nitrogen and oxygen atoms in total. The zero-order chi connectivity index (χ0) is 14.5. The lowest BCUT2D eigenvalue weighted by Crippen LogP contribution is -2.34. The molecule has 1 aromatic carbocycles. The number of hydrogen-bond acceptors (Lipinski definition) is 2. The van der Waals surface area contributed by atoms with Gasteiger partial charge in [-0.2, -0.15) is 0 Å². The Hall–Kier alpha value is -0.860. The molecule has 1 aliphatic rings. The molecule has 0 amide bonds. The topological polar surface area (TPSA) is 23.5 Å². The van der Waals surface area contributed by atoms with Crippen molar-refractivity contribution in [2.45, 2.75) is 64.5 Å². The third kappa shape index (κ3) is 4.32. The van der Waals surface area contributed by atoms with Crippen molar-refractivity contribution >= 4 is 0 Å². The minimum Gasteiger partial charge on any atom is -0.388 e. The second-order valence-corrected chi connectivity index (χ2v) is 6.50. The van der Waals surface area contributed by atoms with Crippen LogP contribution < -0.4 is 0 Å². The highest BCUT2D eigenvalue weighted by molar-refractivity contribution is 5.29. The van der Waals surface area contributed by atoms with Crippen LogP contribution in [0.5, 0.6) is 0 Å². The van der Waals surface area contributed by atoms with Crippen LogP contribution in [0.2, 0.25) is 0 Å². The molecule has 1 fully saturated rings. The summed E-state index contributed by atoms with van der Waals surface area (Å²) in [6.07, 6.45) is 7.29. The molecule has 1 saturated carbocycles. The molecular formula is C18H29NO. The maximum absolute atomic E-state index is 10.4. The summed E-state index contributed by atoms with van der Waals surface area (Å²) in [6.45, 7) is 5.17. The van der Waals surface area contributed by atoms with E-state index in [-0.39, 0.29) is 6.10 Å². The molecule has 20 heavy (non-hydrogen) atoms. The Kier molecular flexibility index (Phi) is 5.62. The molecule has 1 aliphatic carbocycles. The van der Waals surface area contributed by atoms with E-state index in [1.807, 2.05) is 0 Å². The van der Waals surface area contributed by atoms with Gasteiger partial charge in [-0.15, -0.1) is 0 Å². The third-order valence-electron chi connectivity index (χ3n) is 4.58. The van der Waals surface area contributed by atoms with Gasteiger partial charge in [0.25, 0.3) is 0 Å². The first-order chi connectivity index (χ1) is 9.56. The maximum Gasteiger partial charge on any atom is 0.0802 e. The maximum atomic E-state index is 10.4. The first-order valence-electron chi connectivity index (χ1n) is 8.03. The molecule has 0 aliphatic heterocycles. The van der Waals surface area contributed by atoms with E-state index in [4.69, 9.17) is 0 Å². The summed E-state index contributed by atoms with van der Waals surface area (Å²) in [5, 5.41) is 10.4. The quantitative estimate of drug-likeness (QED) is 0.878. The van der Waals surface area contributed by atoms with Crippen LogP contribution in [-0.2, 0) is 0 Å². The van der Waals surface area contributed by atoms with Crippen molar-refractivity contribution in [1.29, 1.82) is 0 Å². The van der Waals surface area contributed by atoms with Gasteiger partial charge in [-0.25, -0.2) is 0 Å².